The van der Waals surface area contributed by atoms with Gasteiger partial charge in [-0.25, -0.2) is 0 Å². The second-order valence-corrected chi connectivity index (χ2v) is 7.41. The molecular formula is C17H31N3O. The van der Waals surface area contributed by atoms with Gasteiger partial charge in [-0.1, -0.05) is 19.8 Å². The molecule has 1 aliphatic carbocycles. The van der Waals surface area contributed by atoms with Gasteiger partial charge >= 0.3 is 0 Å². The number of nitrogens with zero attached hydrogens (tertiary/aromatic N) is 2. The molecule has 1 N–H and O–H groups in total. The highest BCUT2D eigenvalue weighted by atomic mass is 16.2. The van der Waals surface area contributed by atoms with Gasteiger partial charge in [-0.05, 0) is 31.1 Å². The molecule has 2 saturated heterocycles. The zero-order valence-corrected chi connectivity index (χ0v) is 13.5. The average Bonchev–Trinajstić information content (AvgIpc) is 2.98. The molecule has 4 heteroatoms. The number of carbonyl (C=O) groups excluding carboxylic acids is 1. The van der Waals surface area contributed by atoms with E-state index < -0.39 is 0 Å². The fraction of sp³-hybridized carbons (Fsp3) is 0.941. The Hall–Kier alpha value is -0.610. The van der Waals surface area contributed by atoms with Crippen molar-refractivity contribution < 1.29 is 4.79 Å². The topological polar surface area (TPSA) is 35.6 Å². The molecule has 3 fully saturated rings. The Morgan fingerprint density at radius 1 is 1.14 bits per heavy atom. The molecule has 0 bridgehead atoms. The largest absolute Gasteiger partial charge is 0.341 e. The van der Waals surface area contributed by atoms with E-state index in [1.165, 1.54) is 32.1 Å². The van der Waals surface area contributed by atoms with E-state index in [9.17, 15) is 4.79 Å². The molecular weight excluding hydrogens is 262 g/mol. The van der Waals surface area contributed by atoms with Crippen LogP contribution in [0.4, 0.5) is 0 Å². The van der Waals surface area contributed by atoms with Crippen LogP contribution < -0.4 is 5.32 Å². The van der Waals surface area contributed by atoms with Crippen LogP contribution in [0.2, 0.25) is 0 Å². The third-order valence-electron chi connectivity index (χ3n) is 5.69. The van der Waals surface area contributed by atoms with Crippen molar-refractivity contribution in [1.82, 2.24) is 15.1 Å². The summed E-state index contributed by atoms with van der Waals surface area (Å²) >= 11 is 0. The van der Waals surface area contributed by atoms with Crippen molar-refractivity contribution in [3.05, 3.63) is 0 Å². The predicted octanol–water partition coefficient (Wildman–Crippen LogP) is 1.71. The average molecular weight is 293 g/mol. The van der Waals surface area contributed by atoms with Crippen LogP contribution in [-0.4, -0.2) is 61.0 Å². The third-order valence-corrected chi connectivity index (χ3v) is 5.69. The van der Waals surface area contributed by atoms with Crippen LogP contribution in [0.1, 0.15) is 45.4 Å². The van der Waals surface area contributed by atoms with E-state index in [0.29, 0.717) is 17.9 Å². The highest BCUT2D eigenvalue weighted by Crippen LogP contribution is 2.31. The van der Waals surface area contributed by atoms with E-state index in [-0.39, 0.29) is 0 Å². The van der Waals surface area contributed by atoms with E-state index in [0.717, 1.165) is 51.6 Å². The lowest BCUT2D eigenvalue weighted by molar-refractivity contribution is -0.131. The number of rotatable bonds is 3. The van der Waals surface area contributed by atoms with Gasteiger partial charge in [-0.3, -0.25) is 9.69 Å². The van der Waals surface area contributed by atoms with Gasteiger partial charge in [0.05, 0.1) is 0 Å². The summed E-state index contributed by atoms with van der Waals surface area (Å²) in [6.45, 7) is 8.79. The second kappa shape index (κ2) is 7.10. The van der Waals surface area contributed by atoms with E-state index in [1.54, 1.807) is 0 Å². The summed E-state index contributed by atoms with van der Waals surface area (Å²) in [5.74, 6) is 1.90. The maximum atomic E-state index is 12.5. The molecule has 3 aliphatic rings. The maximum Gasteiger partial charge on any atom is 0.222 e. The van der Waals surface area contributed by atoms with Crippen molar-refractivity contribution >= 4 is 5.91 Å². The van der Waals surface area contributed by atoms with E-state index in [2.05, 4.69) is 22.0 Å². The molecule has 1 saturated carbocycles. The van der Waals surface area contributed by atoms with Crippen LogP contribution in [0, 0.1) is 11.8 Å². The molecule has 0 aromatic carbocycles. The first-order valence-electron chi connectivity index (χ1n) is 8.95. The predicted molar refractivity (Wildman–Crippen MR) is 85.2 cm³/mol. The van der Waals surface area contributed by atoms with Gasteiger partial charge < -0.3 is 10.2 Å². The monoisotopic (exact) mass is 293 g/mol. The summed E-state index contributed by atoms with van der Waals surface area (Å²) in [5.41, 5.74) is 0. The number of hydrogen-bond acceptors (Lipinski definition) is 3. The Morgan fingerprint density at radius 3 is 2.71 bits per heavy atom. The summed E-state index contributed by atoms with van der Waals surface area (Å²) < 4.78 is 0. The van der Waals surface area contributed by atoms with Gasteiger partial charge in [0, 0.05) is 51.7 Å². The first kappa shape index (κ1) is 15.3. The van der Waals surface area contributed by atoms with Crippen LogP contribution in [-0.2, 0) is 4.79 Å². The maximum absolute atomic E-state index is 12.5. The van der Waals surface area contributed by atoms with Crippen LogP contribution in [0.3, 0.4) is 0 Å². The molecule has 21 heavy (non-hydrogen) atoms. The smallest absolute Gasteiger partial charge is 0.222 e. The SMILES string of the molecule is CC1CCCC(CC(=O)N2CCC(N3CCNCC3)C2)C1. The molecule has 3 rings (SSSR count). The zero-order chi connectivity index (χ0) is 14.7. The van der Waals surface area contributed by atoms with Gasteiger partial charge in [0.1, 0.15) is 0 Å². The van der Waals surface area contributed by atoms with Gasteiger partial charge in [0.2, 0.25) is 5.91 Å². The lowest BCUT2D eigenvalue weighted by atomic mass is 9.80. The second-order valence-electron chi connectivity index (χ2n) is 7.41. The first-order valence-corrected chi connectivity index (χ1v) is 8.95. The standard InChI is InChI=1S/C17H31N3O/c1-14-3-2-4-15(11-14)12-17(21)20-8-5-16(13-20)19-9-6-18-7-10-19/h14-16,18H,2-13H2,1H3. The van der Waals surface area contributed by atoms with Gasteiger partial charge in [-0.15, -0.1) is 0 Å². The number of carbonyl (C=O) groups is 1. The molecule has 3 atom stereocenters. The van der Waals surface area contributed by atoms with Crippen molar-refractivity contribution in [3.63, 3.8) is 0 Å². The van der Waals surface area contributed by atoms with Gasteiger partial charge in [0.15, 0.2) is 0 Å². The van der Waals surface area contributed by atoms with Crippen LogP contribution >= 0.6 is 0 Å². The minimum Gasteiger partial charge on any atom is -0.341 e. The number of hydrogen-bond donors (Lipinski definition) is 1. The quantitative estimate of drug-likeness (QED) is 0.860. The lowest BCUT2D eigenvalue weighted by Gasteiger charge is -2.32. The zero-order valence-electron chi connectivity index (χ0n) is 13.5. The summed E-state index contributed by atoms with van der Waals surface area (Å²) in [5, 5.41) is 3.41. The Labute approximate surface area is 129 Å². The molecule has 0 radical (unpaired) electrons. The number of likely N-dealkylation sites (tertiary alicyclic amines) is 1. The summed E-state index contributed by atoms with van der Waals surface area (Å²) in [6, 6.07) is 0.612. The molecule has 2 heterocycles. The Bertz CT molecular complexity index is 354. The molecule has 0 aromatic heterocycles. The molecule has 3 unspecified atom stereocenters. The summed E-state index contributed by atoms with van der Waals surface area (Å²) in [7, 11) is 0. The Balaban J connectivity index is 1.45. The fourth-order valence-electron chi connectivity index (χ4n) is 4.43. The summed E-state index contributed by atoms with van der Waals surface area (Å²) in [4.78, 5) is 17.3. The van der Waals surface area contributed by atoms with Crippen molar-refractivity contribution in [1.29, 1.82) is 0 Å². The number of amides is 1. The Morgan fingerprint density at radius 2 is 1.95 bits per heavy atom. The molecule has 120 valence electrons. The van der Waals surface area contributed by atoms with Gasteiger partial charge in [0.25, 0.3) is 0 Å². The molecule has 4 nitrogen and oxygen atoms in total. The van der Waals surface area contributed by atoms with Crippen molar-refractivity contribution in [2.75, 3.05) is 39.3 Å². The van der Waals surface area contributed by atoms with Crippen molar-refractivity contribution in [2.24, 2.45) is 11.8 Å². The highest BCUT2D eigenvalue weighted by molar-refractivity contribution is 5.76. The molecule has 0 aromatic rings. The van der Waals surface area contributed by atoms with Crippen LogP contribution in [0.25, 0.3) is 0 Å². The van der Waals surface area contributed by atoms with Crippen LogP contribution in [0.5, 0.6) is 0 Å². The molecule has 2 aliphatic heterocycles. The van der Waals surface area contributed by atoms with Crippen LogP contribution in [0.15, 0.2) is 0 Å². The lowest BCUT2D eigenvalue weighted by Crippen LogP contribution is -2.49. The van der Waals surface area contributed by atoms with E-state index in [1.807, 2.05) is 0 Å². The summed E-state index contributed by atoms with van der Waals surface area (Å²) in [6.07, 6.45) is 7.19. The first-order chi connectivity index (χ1) is 10.2. The van der Waals surface area contributed by atoms with E-state index >= 15 is 0 Å². The highest BCUT2D eigenvalue weighted by Gasteiger charge is 2.32. The van der Waals surface area contributed by atoms with Crippen molar-refractivity contribution in [3.8, 4) is 0 Å². The number of nitrogens with one attached hydrogen (secondary N) is 1. The third kappa shape index (κ3) is 3.98. The normalized spacial score (nSPS) is 35.1. The van der Waals surface area contributed by atoms with Crippen molar-refractivity contribution in [2.45, 2.75) is 51.5 Å². The minimum absolute atomic E-state index is 0.423. The number of piperazine rings is 1. The van der Waals surface area contributed by atoms with E-state index in [4.69, 9.17) is 0 Å². The fourth-order valence-corrected chi connectivity index (χ4v) is 4.43. The minimum atomic E-state index is 0.423. The Kier molecular flexibility index (Phi) is 5.17. The molecule has 1 amide bonds. The van der Waals surface area contributed by atoms with Gasteiger partial charge in [-0.2, -0.15) is 0 Å². The molecule has 0 spiro atoms.